The smallest absolute Gasteiger partial charge is 0.300 e. The molecule has 1 saturated heterocycles. The van der Waals surface area contributed by atoms with Gasteiger partial charge < -0.3 is 5.11 Å². The van der Waals surface area contributed by atoms with Crippen molar-refractivity contribution in [3.05, 3.63) is 106 Å². The number of para-hydroxylation sites is 1. The molecule has 29 heavy (non-hydrogen) atoms. The van der Waals surface area contributed by atoms with Gasteiger partial charge in [-0.05, 0) is 48.4 Å². The van der Waals surface area contributed by atoms with Gasteiger partial charge in [-0.15, -0.1) is 0 Å². The fourth-order valence-electron chi connectivity index (χ4n) is 3.63. The maximum atomic E-state index is 13.1. The average molecular weight is 404 g/mol. The van der Waals surface area contributed by atoms with Gasteiger partial charge in [-0.25, -0.2) is 0 Å². The van der Waals surface area contributed by atoms with E-state index in [1.807, 2.05) is 55.5 Å². The Morgan fingerprint density at radius 3 is 2.17 bits per heavy atom. The molecule has 3 aromatic carbocycles. The Morgan fingerprint density at radius 1 is 0.897 bits per heavy atom. The number of Topliss-reactive ketones (excluding diaryl/α,β-unsaturated/α-hetero) is 1. The molecule has 1 aliphatic rings. The van der Waals surface area contributed by atoms with Gasteiger partial charge in [0, 0.05) is 16.3 Å². The minimum Gasteiger partial charge on any atom is -0.507 e. The second-order valence-corrected chi connectivity index (χ2v) is 7.31. The van der Waals surface area contributed by atoms with Gasteiger partial charge in [0.2, 0.25) is 0 Å². The molecule has 0 saturated carbocycles. The SMILES string of the molecule is Cc1ccccc1N1C(=O)C(=O)C(=C(O)c2ccc(Cl)cc2)[C@H]1c1ccccc1. The molecule has 4 nitrogen and oxygen atoms in total. The summed E-state index contributed by atoms with van der Waals surface area (Å²) in [6.45, 7) is 1.88. The van der Waals surface area contributed by atoms with Gasteiger partial charge in [-0.2, -0.15) is 0 Å². The molecule has 0 unspecified atom stereocenters. The van der Waals surface area contributed by atoms with Crippen LogP contribution in [0.15, 0.2) is 84.4 Å². The van der Waals surface area contributed by atoms with Gasteiger partial charge in [-0.1, -0.05) is 60.1 Å². The highest BCUT2D eigenvalue weighted by molar-refractivity contribution is 6.51. The van der Waals surface area contributed by atoms with E-state index in [0.717, 1.165) is 11.1 Å². The molecular weight excluding hydrogens is 386 g/mol. The highest BCUT2D eigenvalue weighted by atomic mass is 35.5. The first-order valence-corrected chi connectivity index (χ1v) is 9.54. The third kappa shape index (κ3) is 3.32. The predicted molar refractivity (Wildman–Crippen MR) is 114 cm³/mol. The summed E-state index contributed by atoms with van der Waals surface area (Å²) < 4.78 is 0. The first kappa shape index (κ1) is 19.0. The van der Waals surface area contributed by atoms with Crippen molar-refractivity contribution in [1.29, 1.82) is 0 Å². The van der Waals surface area contributed by atoms with E-state index in [-0.39, 0.29) is 11.3 Å². The van der Waals surface area contributed by atoms with Crippen LogP contribution in [0.1, 0.15) is 22.7 Å². The molecule has 1 fully saturated rings. The molecule has 0 aromatic heterocycles. The molecule has 0 bridgehead atoms. The number of hydrogen-bond donors (Lipinski definition) is 1. The van der Waals surface area contributed by atoms with Crippen LogP contribution in [0, 0.1) is 6.92 Å². The van der Waals surface area contributed by atoms with Crippen LogP contribution in [0.3, 0.4) is 0 Å². The number of hydrogen-bond acceptors (Lipinski definition) is 3. The van der Waals surface area contributed by atoms with Crippen molar-refractivity contribution in [1.82, 2.24) is 0 Å². The summed E-state index contributed by atoms with van der Waals surface area (Å²) in [5.41, 5.74) is 2.73. The average Bonchev–Trinajstić information content (AvgIpc) is 3.00. The quantitative estimate of drug-likeness (QED) is 0.368. The van der Waals surface area contributed by atoms with E-state index in [2.05, 4.69) is 0 Å². The van der Waals surface area contributed by atoms with Crippen LogP contribution >= 0.6 is 11.6 Å². The molecule has 1 atom stereocenters. The highest BCUT2D eigenvalue weighted by Crippen LogP contribution is 2.42. The largest absolute Gasteiger partial charge is 0.507 e. The van der Waals surface area contributed by atoms with E-state index in [4.69, 9.17) is 11.6 Å². The Bertz CT molecular complexity index is 1120. The van der Waals surface area contributed by atoms with Gasteiger partial charge in [-0.3, -0.25) is 14.5 Å². The Balaban J connectivity index is 1.96. The molecule has 0 spiro atoms. The van der Waals surface area contributed by atoms with Gasteiger partial charge in [0.05, 0.1) is 11.6 Å². The fourth-order valence-corrected chi connectivity index (χ4v) is 3.75. The molecule has 3 aromatic rings. The lowest BCUT2D eigenvalue weighted by Crippen LogP contribution is -2.30. The van der Waals surface area contributed by atoms with E-state index < -0.39 is 17.7 Å². The van der Waals surface area contributed by atoms with Gasteiger partial charge >= 0.3 is 0 Å². The molecule has 0 radical (unpaired) electrons. The van der Waals surface area contributed by atoms with Crippen molar-refractivity contribution >= 4 is 34.7 Å². The molecule has 1 heterocycles. The van der Waals surface area contributed by atoms with Gasteiger partial charge in [0.1, 0.15) is 5.76 Å². The Labute approximate surface area is 173 Å². The Hall–Kier alpha value is -3.37. The van der Waals surface area contributed by atoms with Crippen LogP contribution in [0.4, 0.5) is 5.69 Å². The number of carbonyl (C=O) groups excluding carboxylic acids is 2. The van der Waals surface area contributed by atoms with E-state index in [9.17, 15) is 14.7 Å². The number of rotatable bonds is 3. The minimum absolute atomic E-state index is 0.0618. The van der Waals surface area contributed by atoms with Gasteiger partial charge in [0.15, 0.2) is 0 Å². The molecule has 1 N–H and O–H groups in total. The van der Waals surface area contributed by atoms with E-state index in [1.54, 1.807) is 30.3 Å². The van der Waals surface area contributed by atoms with Crippen LogP contribution in [0.2, 0.25) is 5.02 Å². The normalized spacial score (nSPS) is 18.3. The second-order valence-electron chi connectivity index (χ2n) is 6.87. The summed E-state index contributed by atoms with van der Waals surface area (Å²) in [5, 5.41) is 11.5. The summed E-state index contributed by atoms with van der Waals surface area (Å²) in [6.07, 6.45) is 0. The third-order valence-electron chi connectivity index (χ3n) is 5.05. The van der Waals surface area contributed by atoms with Crippen molar-refractivity contribution in [3.8, 4) is 0 Å². The number of amides is 1. The van der Waals surface area contributed by atoms with E-state index in [1.165, 1.54) is 4.90 Å². The summed E-state index contributed by atoms with van der Waals surface area (Å²) in [7, 11) is 0. The lowest BCUT2D eigenvalue weighted by Gasteiger charge is -2.26. The van der Waals surface area contributed by atoms with Crippen LogP contribution in [-0.4, -0.2) is 16.8 Å². The molecule has 144 valence electrons. The lowest BCUT2D eigenvalue weighted by molar-refractivity contribution is -0.132. The molecule has 1 amide bonds. The zero-order chi connectivity index (χ0) is 20.5. The molecule has 4 rings (SSSR count). The molecule has 5 heteroatoms. The van der Waals surface area contributed by atoms with Crippen LogP contribution in [-0.2, 0) is 9.59 Å². The van der Waals surface area contributed by atoms with E-state index in [0.29, 0.717) is 16.3 Å². The summed E-state index contributed by atoms with van der Waals surface area (Å²) in [5.74, 6) is -1.59. The van der Waals surface area contributed by atoms with Crippen molar-refractivity contribution in [2.75, 3.05) is 4.90 Å². The molecule has 1 aliphatic heterocycles. The third-order valence-corrected chi connectivity index (χ3v) is 5.30. The highest BCUT2D eigenvalue weighted by Gasteiger charge is 2.47. The first-order chi connectivity index (χ1) is 14.0. The summed E-state index contributed by atoms with van der Waals surface area (Å²) in [6, 6.07) is 22.4. The van der Waals surface area contributed by atoms with Crippen molar-refractivity contribution in [2.45, 2.75) is 13.0 Å². The van der Waals surface area contributed by atoms with Crippen molar-refractivity contribution < 1.29 is 14.7 Å². The number of anilines is 1. The number of ketones is 1. The zero-order valence-corrected chi connectivity index (χ0v) is 16.4. The zero-order valence-electron chi connectivity index (χ0n) is 15.7. The van der Waals surface area contributed by atoms with Crippen LogP contribution < -0.4 is 4.90 Å². The Kier molecular flexibility index (Phi) is 4.95. The lowest BCUT2D eigenvalue weighted by atomic mass is 9.95. The van der Waals surface area contributed by atoms with Crippen molar-refractivity contribution in [3.63, 3.8) is 0 Å². The topological polar surface area (TPSA) is 57.6 Å². The summed E-state index contributed by atoms with van der Waals surface area (Å²) >= 11 is 5.95. The van der Waals surface area contributed by atoms with Crippen LogP contribution in [0.25, 0.3) is 5.76 Å². The monoisotopic (exact) mass is 403 g/mol. The van der Waals surface area contributed by atoms with Gasteiger partial charge in [0.25, 0.3) is 11.7 Å². The minimum atomic E-state index is -0.729. The number of nitrogens with zero attached hydrogens (tertiary/aromatic N) is 1. The van der Waals surface area contributed by atoms with Crippen molar-refractivity contribution in [2.24, 2.45) is 0 Å². The van der Waals surface area contributed by atoms with Crippen LogP contribution in [0.5, 0.6) is 0 Å². The number of aliphatic hydroxyl groups is 1. The predicted octanol–water partition coefficient (Wildman–Crippen LogP) is 5.27. The number of aliphatic hydroxyl groups excluding tert-OH is 1. The molecular formula is C24H18ClNO3. The molecule has 0 aliphatic carbocycles. The fraction of sp³-hybridized carbons (Fsp3) is 0.0833. The maximum Gasteiger partial charge on any atom is 0.300 e. The standard InChI is InChI=1S/C24H18ClNO3/c1-15-7-5-6-10-19(15)26-21(16-8-3-2-4-9-16)20(23(28)24(26)29)22(27)17-11-13-18(25)14-12-17/h2-14,21,27H,1H3/t21-/m1/s1. The first-order valence-electron chi connectivity index (χ1n) is 9.16. The number of benzene rings is 3. The van der Waals surface area contributed by atoms with E-state index >= 15 is 0 Å². The summed E-state index contributed by atoms with van der Waals surface area (Å²) in [4.78, 5) is 27.5. The number of halogens is 1. The number of aryl methyl sites for hydroxylation is 1. The number of carbonyl (C=O) groups is 2. The Morgan fingerprint density at radius 2 is 1.52 bits per heavy atom. The second kappa shape index (κ2) is 7.57. The maximum absolute atomic E-state index is 13.1.